The highest BCUT2D eigenvalue weighted by Crippen LogP contribution is 2.08. The molecular weight excluding hydrogens is 272 g/mol. The van der Waals surface area contributed by atoms with Crippen molar-refractivity contribution in [3.63, 3.8) is 0 Å². The Morgan fingerprint density at radius 3 is 2.27 bits per heavy atom. The van der Waals surface area contributed by atoms with E-state index in [2.05, 4.69) is 48.6 Å². The highest BCUT2D eigenvalue weighted by molar-refractivity contribution is 5.99. The number of aryl methyl sites for hydroxylation is 1. The first-order valence-electron chi connectivity index (χ1n) is 8.59. The molecule has 0 unspecified atom stereocenters. The van der Waals surface area contributed by atoms with E-state index in [0.717, 1.165) is 30.5 Å². The Morgan fingerprint density at radius 1 is 1.00 bits per heavy atom. The van der Waals surface area contributed by atoms with Crippen molar-refractivity contribution >= 4 is 11.6 Å². The van der Waals surface area contributed by atoms with Gasteiger partial charge in [0.15, 0.2) is 0 Å². The van der Waals surface area contributed by atoms with E-state index in [-0.39, 0.29) is 5.91 Å². The number of unbranched alkanes of at least 4 members (excludes halogenated alkanes) is 5. The van der Waals surface area contributed by atoms with Crippen LogP contribution < -0.4 is 5.43 Å². The Bertz CT molecular complexity index is 463. The smallest absolute Gasteiger partial charge is 0.240 e. The zero-order valence-electron chi connectivity index (χ0n) is 14.3. The van der Waals surface area contributed by atoms with Gasteiger partial charge < -0.3 is 0 Å². The molecule has 122 valence electrons. The summed E-state index contributed by atoms with van der Waals surface area (Å²) in [5.41, 5.74) is 5.87. The summed E-state index contributed by atoms with van der Waals surface area (Å²) < 4.78 is 0. The molecule has 0 atom stereocenters. The maximum Gasteiger partial charge on any atom is 0.240 e. The number of carbonyl (C=O) groups is 1. The van der Waals surface area contributed by atoms with Crippen LogP contribution in [0.5, 0.6) is 0 Å². The molecular formula is C19H30N2O. The van der Waals surface area contributed by atoms with Gasteiger partial charge in [-0.3, -0.25) is 4.79 Å². The third kappa shape index (κ3) is 7.39. The van der Waals surface area contributed by atoms with Crippen LogP contribution in [-0.4, -0.2) is 11.6 Å². The number of hydrazone groups is 1. The maximum atomic E-state index is 11.7. The van der Waals surface area contributed by atoms with E-state index in [0.29, 0.717) is 6.42 Å². The molecule has 0 heterocycles. The number of nitrogens with one attached hydrogen (secondary N) is 1. The van der Waals surface area contributed by atoms with Crippen molar-refractivity contribution in [3.05, 3.63) is 35.4 Å². The van der Waals surface area contributed by atoms with Gasteiger partial charge in [-0.2, -0.15) is 5.10 Å². The van der Waals surface area contributed by atoms with Crippen LogP contribution in [-0.2, 0) is 11.2 Å². The monoisotopic (exact) mass is 302 g/mol. The van der Waals surface area contributed by atoms with E-state index in [1.165, 1.54) is 31.2 Å². The molecule has 0 aliphatic rings. The van der Waals surface area contributed by atoms with Gasteiger partial charge in [-0.15, -0.1) is 0 Å². The number of carbonyl (C=O) groups excluding carboxylic acids is 1. The summed E-state index contributed by atoms with van der Waals surface area (Å²) in [6, 6.07) is 8.31. The molecule has 0 radical (unpaired) electrons. The predicted octanol–water partition coefficient (Wildman–Crippen LogP) is 4.84. The number of benzene rings is 1. The summed E-state index contributed by atoms with van der Waals surface area (Å²) in [6.45, 7) is 6.27. The summed E-state index contributed by atoms with van der Waals surface area (Å²) in [6.07, 6.45) is 8.75. The molecule has 0 spiro atoms. The highest BCUT2D eigenvalue weighted by atomic mass is 16.2. The Labute approximate surface area is 135 Å². The molecule has 0 bridgehead atoms. The number of rotatable bonds is 10. The molecule has 1 rings (SSSR count). The van der Waals surface area contributed by atoms with Crippen molar-refractivity contribution in [3.8, 4) is 0 Å². The van der Waals surface area contributed by atoms with E-state index in [4.69, 9.17) is 0 Å². The molecule has 3 heteroatoms. The van der Waals surface area contributed by atoms with Crippen molar-refractivity contribution in [2.45, 2.75) is 72.1 Å². The lowest BCUT2D eigenvalue weighted by molar-refractivity contribution is -0.121. The van der Waals surface area contributed by atoms with Crippen LogP contribution in [0.2, 0.25) is 0 Å². The van der Waals surface area contributed by atoms with Crippen LogP contribution in [0.25, 0.3) is 0 Å². The molecule has 0 aromatic heterocycles. The van der Waals surface area contributed by atoms with Gasteiger partial charge in [0.05, 0.1) is 5.71 Å². The first-order valence-corrected chi connectivity index (χ1v) is 8.59. The van der Waals surface area contributed by atoms with Crippen LogP contribution >= 0.6 is 0 Å². The molecule has 1 amide bonds. The van der Waals surface area contributed by atoms with Gasteiger partial charge in [0.1, 0.15) is 0 Å². The average molecular weight is 302 g/mol. The Morgan fingerprint density at radius 2 is 1.64 bits per heavy atom. The topological polar surface area (TPSA) is 41.5 Å². The largest absolute Gasteiger partial charge is 0.273 e. The van der Waals surface area contributed by atoms with Gasteiger partial charge in [-0.1, -0.05) is 70.2 Å². The minimum absolute atomic E-state index is 0.0139. The first kappa shape index (κ1) is 18.4. The number of hydrogen-bond acceptors (Lipinski definition) is 2. The van der Waals surface area contributed by atoms with Crippen molar-refractivity contribution in [2.24, 2.45) is 5.10 Å². The van der Waals surface area contributed by atoms with Gasteiger partial charge in [-0.05, 0) is 30.9 Å². The van der Waals surface area contributed by atoms with E-state index in [9.17, 15) is 4.79 Å². The Balaban J connectivity index is 2.28. The van der Waals surface area contributed by atoms with Crippen LogP contribution in [0, 0.1) is 0 Å². The molecule has 1 N–H and O–H groups in total. The summed E-state index contributed by atoms with van der Waals surface area (Å²) in [5.74, 6) is 0.0139. The van der Waals surface area contributed by atoms with E-state index >= 15 is 0 Å². The second-order valence-corrected chi connectivity index (χ2v) is 5.80. The second-order valence-electron chi connectivity index (χ2n) is 5.80. The SMILES string of the molecule is CCCCCCCCC(=O)NN=C(C)c1ccc(CC)cc1. The molecule has 1 aromatic carbocycles. The molecule has 0 aliphatic carbocycles. The number of nitrogens with zero attached hydrogens (tertiary/aromatic N) is 1. The lowest BCUT2D eigenvalue weighted by atomic mass is 10.1. The van der Waals surface area contributed by atoms with Crippen LogP contribution in [0.15, 0.2) is 29.4 Å². The zero-order chi connectivity index (χ0) is 16.2. The normalized spacial score (nSPS) is 11.5. The van der Waals surface area contributed by atoms with Crippen LogP contribution in [0.3, 0.4) is 0 Å². The predicted molar refractivity (Wildman–Crippen MR) is 94.2 cm³/mol. The maximum absolute atomic E-state index is 11.7. The Kier molecular flexibility index (Phi) is 9.20. The molecule has 0 aliphatic heterocycles. The summed E-state index contributed by atoms with van der Waals surface area (Å²) in [5, 5.41) is 4.20. The second kappa shape index (κ2) is 11.0. The molecule has 0 saturated heterocycles. The molecule has 0 fully saturated rings. The standard InChI is InChI=1S/C19H30N2O/c1-4-6-7-8-9-10-11-19(22)21-20-16(3)18-14-12-17(5-2)13-15-18/h12-15H,4-11H2,1-3H3,(H,21,22). The van der Waals surface area contributed by atoms with E-state index in [1.54, 1.807) is 0 Å². The van der Waals surface area contributed by atoms with Crippen LogP contribution in [0.4, 0.5) is 0 Å². The quantitative estimate of drug-likeness (QED) is 0.375. The first-order chi connectivity index (χ1) is 10.7. The van der Waals surface area contributed by atoms with Gasteiger partial charge in [0, 0.05) is 6.42 Å². The molecule has 0 saturated carbocycles. The molecule has 22 heavy (non-hydrogen) atoms. The zero-order valence-corrected chi connectivity index (χ0v) is 14.3. The van der Waals surface area contributed by atoms with Gasteiger partial charge in [0.2, 0.25) is 5.91 Å². The van der Waals surface area contributed by atoms with Gasteiger partial charge in [0.25, 0.3) is 0 Å². The molecule has 3 nitrogen and oxygen atoms in total. The van der Waals surface area contributed by atoms with E-state index in [1.807, 2.05) is 6.92 Å². The lowest BCUT2D eigenvalue weighted by Gasteiger charge is -2.04. The molecule has 1 aromatic rings. The fourth-order valence-electron chi connectivity index (χ4n) is 2.31. The fourth-order valence-corrected chi connectivity index (χ4v) is 2.31. The van der Waals surface area contributed by atoms with Crippen LogP contribution in [0.1, 0.15) is 76.8 Å². The lowest BCUT2D eigenvalue weighted by Crippen LogP contribution is -2.18. The number of hydrogen-bond donors (Lipinski definition) is 1. The minimum Gasteiger partial charge on any atom is -0.273 e. The summed E-state index contributed by atoms with van der Waals surface area (Å²) in [4.78, 5) is 11.7. The third-order valence-corrected chi connectivity index (χ3v) is 3.89. The van der Waals surface area contributed by atoms with Crippen molar-refractivity contribution < 1.29 is 4.79 Å². The third-order valence-electron chi connectivity index (χ3n) is 3.89. The highest BCUT2D eigenvalue weighted by Gasteiger charge is 2.02. The summed E-state index contributed by atoms with van der Waals surface area (Å²) in [7, 11) is 0. The van der Waals surface area contributed by atoms with Crippen molar-refractivity contribution in [1.29, 1.82) is 0 Å². The summed E-state index contributed by atoms with van der Waals surface area (Å²) >= 11 is 0. The fraction of sp³-hybridized carbons (Fsp3) is 0.579. The van der Waals surface area contributed by atoms with Gasteiger partial charge in [-0.25, -0.2) is 5.43 Å². The van der Waals surface area contributed by atoms with Crippen molar-refractivity contribution in [2.75, 3.05) is 0 Å². The van der Waals surface area contributed by atoms with Crippen molar-refractivity contribution in [1.82, 2.24) is 5.43 Å². The Hall–Kier alpha value is -1.64. The van der Waals surface area contributed by atoms with Gasteiger partial charge >= 0.3 is 0 Å². The average Bonchev–Trinajstić information content (AvgIpc) is 2.56. The van der Waals surface area contributed by atoms with E-state index < -0.39 is 0 Å². The minimum atomic E-state index is 0.0139. The number of amides is 1.